The summed E-state index contributed by atoms with van der Waals surface area (Å²) in [6, 6.07) is 8.18. The Labute approximate surface area is 147 Å². The molecule has 1 spiro atoms. The van der Waals surface area contributed by atoms with Crippen molar-refractivity contribution in [3.63, 3.8) is 0 Å². The second kappa shape index (κ2) is 6.19. The molecule has 0 radical (unpaired) electrons. The van der Waals surface area contributed by atoms with Crippen molar-refractivity contribution in [2.75, 3.05) is 33.2 Å². The molecule has 2 aliphatic heterocycles. The summed E-state index contributed by atoms with van der Waals surface area (Å²) in [4.78, 5) is 32.6. The normalized spacial score (nSPS) is 21.1. The summed E-state index contributed by atoms with van der Waals surface area (Å²) in [6.45, 7) is 2.37. The zero-order valence-electron chi connectivity index (χ0n) is 14.5. The number of para-hydroxylation sites is 1. The van der Waals surface area contributed by atoms with Crippen molar-refractivity contribution < 1.29 is 9.59 Å². The van der Waals surface area contributed by atoms with Crippen LogP contribution in [0.25, 0.3) is 10.9 Å². The summed E-state index contributed by atoms with van der Waals surface area (Å²) in [5.41, 5.74) is 1.63. The quantitative estimate of drug-likeness (QED) is 0.880. The number of likely N-dealkylation sites (tertiary alicyclic amines) is 1. The molecule has 2 aliphatic rings. The predicted octanol–water partition coefficient (Wildman–Crippen LogP) is 1.13. The zero-order valence-corrected chi connectivity index (χ0v) is 14.5. The number of rotatable bonds is 3. The van der Waals surface area contributed by atoms with Crippen molar-refractivity contribution in [2.45, 2.75) is 24.8 Å². The van der Waals surface area contributed by atoms with Crippen LogP contribution >= 0.6 is 0 Å². The number of piperidine rings is 1. The minimum atomic E-state index is -0.673. The first-order chi connectivity index (χ1) is 12.1. The van der Waals surface area contributed by atoms with E-state index in [-0.39, 0.29) is 18.4 Å². The zero-order chi connectivity index (χ0) is 17.4. The van der Waals surface area contributed by atoms with Crippen LogP contribution in [0, 0.1) is 0 Å². The van der Waals surface area contributed by atoms with Gasteiger partial charge in [0.2, 0.25) is 11.8 Å². The van der Waals surface area contributed by atoms with Gasteiger partial charge in [0.25, 0.3) is 0 Å². The molecule has 2 aromatic rings. The maximum Gasteiger partial charge on any atom is 0.246 e. The van der Waals surface area contributed by atoms with Crippen molar-refractivity contribution in [1.82, 2.24) is 20.1 Å². The fraction of sp³-hybridized carbons (Fsp3) is 0.474. The van der Waals surface area contributed by atoms with E-state index in [1.54, 1.807) is 0 Å². The first-order valence-electron chi connectivity index (χ1n) is 8.92. The molecule has 0 saturated carbocycles. The summed E-state index contributed by atoms with van der Waals surface area (Å²) < 4.78 is 0. The Balaban J connectivity index is 1.58. The standard InChI is InChI=1S/C19H24N4O2/c1-22-10-7-19(8-11-22)18(25)21-13-17(24)23(19)9-6-14-12-20-16-5-3-2-4-15(14)16/h2-5,12,20H,6-11,13H2,1H3,(H,21,25). The molecule has 2 amide bonds. The average Bonchev–Trinajstić information content (AvgIpc) is 3.04. The van der Waals surface area contributed by atoms with E-state index in [1.807, 2.05) is 23.2 Å². The molecule has 1 aromatic heterocycles. The average molecular weight is 340 g/mol. The Bertz CT molecular complexity index is 805. The third kappa shape index (κ3) is 2.70. The molecule has 0 bridgehead atoms. The highest BCUT2D eigenvalue weighted by atomic mass is 16.2. The van der Waals surface area contributed by atoms with Crippen LogP contribution in [0.4, 0.5) is 0 Å². The van der Waals surface area contributed by atoms with Crippen molar-refractivity contribution in [2.24, 2.45) is 0 Å². The number of carbonyl (C=O) groups is 2. The largest absolute Gasteiger partial charge is 0.361 e. The summed E-state index contributed by atoms with van der Waals surface area (Å²) in [6.07, 6.45) is 4.17. The Kier molecular flexibility index (Phi) is 4.00. The first kappa shape index (κ1) is 16.1. The van der Waals surface area contributed by atoms with E-state index in [0.29, 0.717) is 19.4 Å². The molecule has 1 aromatic carbocycles. The molecule has 2 N–H and O–H groups in total. The fourth-order valence-electron chi connectivity index (χ4n) is 4.17. The van der Waals surface area contributed by atoms with E-state index >= 15 is 0 Å². The molecular weight excluding hydrogens is 316 g/mol. The molecule has 2 saturated heterocycles. The topological polar surface area (TPSA) is 68.4 Å². The van der Waals surface area contributed by atoms with Crippen molar-refractivity contribution in [1.29, 1.82) is 0 Å². The molecule has 2 fully saturated rings. The Hall–Kier alpha value is -2.34. The van der Waals surface area contributed by atoms with Crippen LogP contribution in [-0.4, -0.2) is 65.4 Å². The molecule has 6 heteroatoms. The number of hydrogen-bond donors (Lipinski definition) is 2. The van der Waals surface area contributed by atoms with Crippen molar-refractivity contribution in [3.05, 3.63) is 36.0 Å². The van der Waals surface area contributed by atoms with E-state index in [4.69, 9.17) is 0 Å². The van der Waals surface area contributed by atoms with Gasteiger partial charge in [0.05, 0.1) is 6.54 Å². The monoisotopic (exact) mass is 340 g/mol. The van der Waals surface area contributed by atoms with Gasteiger partial charge in [0.1, 0.15) is 5.54 Å². The van der Waals surface area contributed by atoms with Gasteiger partial charge in [-0.3, -0.25) is 9.59 Å². The van der Waals surface area contributed by atoms with Gasteiger partial charge in [0, 0.05) is 36.7 Å². The van der Waals surface area contributed by atoms with Crippen LogP contribution < -0.4 is 5.32 Å². The first-order valence-corrected chi connectivity index (χ1v) is 8.92. The predicted molar refractivity (Wildman–Crippen MR) is 96.2 cm³/mol. The van der Waals surface area contributed by atoms with E-state index < -0.39 is 5.54 Å². The Morgan fingerprint density at radius 1 is 1.16 bits per heavy atom. The molecular formula is C19H24N4O2. The molecule has 25 heavy (non-hydrogen) atoms. The highest BCUT2D eigenvalue weighted by molar-refractivity contribution is 5.98. The van der Waals surface area contributed by atoms with Crippen LogP contribution in [0.15, 0.2) is 30.5 Å². The lowest BCUT2D eigenvalue weighted by molar-refractivity contribution is -0.157. The van der Waals surface area contributed by atoms with E-state index in [1.165, 1.54) is 10.9 Å². The van der Waals surface area contributed by atoms with Gasteiger partial charge in [-0.1, -0.05) is 18.2 Å². The highest BCUT2D eigenvalue weighted by Gasteiger charge is 2.50. The van der Waals surface area contributed by atoms with Gasteiger partial charge < -0.3 is 20.1 Å². The molecule has 0 unspecified atom stereocenters. The minimum absolute atomic E-state index is 0.0131. The summed E-state index contributed by atoms with van der Waals surface area (Å²) in [5.74, 6) is 0.0446. The maximum atomic E-state index is 12.7. The lowest BCUT2D eigenvalue weighted by atomic mass is 9.83. The number of nitrogens with one attached hydrogen (secondary N) is 2. The van der Waals surface area contributed by atoms with Crippen molar-refractivity contribution >= 4 is 22.7 Å². The highest BCUT2D eigenvalue weighted by Crippen LogP contribution is 2.32. The van der Waals surface area contributed by atoms with E-state index in [9.17, 15) is 9.59 Å². The molecule has 3 heterocycles. The van der Waals surface area contributed by atoms with Gasteiger partial charge in [0.15, 0.2) is 0 Å². The second-order valence-corrected chi connectivity index (χ2v) is 7.17. The fourth-order valence-corrected chi connectivity index (χ4v) is 4.17. The molecule has 0 aliphatic carbocycles. The van der Waals surface area contributed by atoms with Gasteiger partial charge in [-0.25, -0.2) is 0 Å². The Morgan fingerprint density at radius 2 is 1.92 bits per heavy atom. The number of hydrogen-bond acceptors (Lipinski definition) is 3. The number of aromatic amines is 1. The molecule has 0 atom stereocenters. The summed E-state index contributed by atoms with van der Waals surface area (Å²) in [5, 5.41) is 3.99. The lowest BCUT2D eigenvalue weighted by Gasteiger charge is -2.49. The second-order valence-electron chi connectivity index (χ2n) is 7.17. The number of aromatic nitrogens is 1. The third-order valence-corrected chi connectivity index (χ3v) is 5.73. The van der Waals surface area contributed by atoms with Crippen LogP contribution in [0.2, 0.25) is 0 Å². The van der Waals surface area contributed by atoms with E-state index in [0.717, 1.165) is 25.0 Å². The van der Waals surface area contributed by atoms with Gasteiger partial charge in [-0.2, -0.15) is 0 Å². The van der Waals surface area contributed by atoms with Gasteiger partial charge in [-0.05, 0) is 37.9 Å². The number of benzene rings is 1. The number of amides is 2. The summed E-state index contributed by atoms with van der Waals surface area (Å²) >= 11 is 0. The molecule has 132 valence electrons. The maximum absolute atomic E-state index is 12.7. The number of carbonyl (C=O) groups excluding carboxylic acids is 2. The smallest absolute Gasteiger partial charge is 0.246 e. The number of piperazine rings is 1. The van der Waals surface area contributed by atoms with E-state index in [2.05, 4.69) is 34.4 Å². The van der Waals surface area contributed by atoms with Crippen molar-refractivity contribution in [3.8, 4) is 0 Å². The third-order valence-electron chi connectivity index (χ3n) is 5.73. The van der Waals surface area contributed by atoms with Crippen LogP contribution in [0.5, 0.6) is 0 Å². The summed E-state index contributed by atoms with van der Waals surface area (Å²) in [7, 11) is 2.06. The minimum Gasteiger partial charge on any atom is -0.361 e. The van der Waals surface area contributed by atoms with Gasteiger partial charge in [-0.15, -0.1) is 0 Å². The van der Waals surface area contributed by atoms with Crippen LogP contribution in [0.3, 0.4) is 0 Å². The van der Waals surface area contributed by atoms with Crippen LogP contribution in [0.1, 0.15) is 18.4 Å². The SMILES string of the molecule is CN1CCC2(CC1)C(=O)NCC(=O)N2CCc1c[nH]c2ccccc12. The van der Waals surface area contributed by atoms with Crippen LogP contribution in [-0.2, 0) is 16.0 Å². The lowest BCUT2D eigenvalue weighted by Crippen LogP contribution is -2.70. The number of fused-ring (bicyclic) bond motifs is 1. The Morgan fingerprint density at radius 3 is 2.72 bits per heavy atom. The number of H-pyrrole nitrogens is 1. The molecule has 6 nitrogen and oxygen atoms in total. The molecule has 4 rings (SSSR count). The van der Waals surface area contributed by atoms with Gasteiger partial charge >= 0.3 is 0 Å². The number of nitrogens with zero attached hydrogens (tertiary/aromatic N) is 2.